The van der Waals surface area contributed by atoms with E-state index in [1.807, 2.05) is 18.5 Å². The average Bonchev–Trinajstić information content (AvgIpc) is 2.47. The van der Waals surface area contributed by atoms with E-state index in [9.17, 15) is 0 Å². The maximum absolute atomic E-state index is 4.28. The molecule has 21 heavy (non-hydrogen) atoms. The van der Waals surface area contributed by atoms with Gasteiger partial charge < -0.3 is 10.2 Å². The number of aromatic nitrogens is 1. The molecule has 0 saturated heterocycles. The summed E-state index contributed by atoms with van der Waals surface area (Å²) < 4.78 is 1.14. The summed E-state index contributed by atoms with van der Waals surface area (Å²) in [7, 11) is 2.11. The molecule has 2 rings (SSSR count). The highest BCUT2D eigenvalue weighted by Crippen LogP contribution is 2.23. The van der Waals surface area contributed by atoms with Gasteiger partial charge in [-0.05, 0) is 23.3 Å². The fourth-order valence-corrected chi connectivity index (χ4v) is 2.60. The molecule has 112 valence electrons. The molecule has 0 spiro atoms. The molecule has 0 atom stereocenters. The molecule has 1 aromatic heterocycles. The van der Waals surface area contributed by atoms with Crippen molar-refractivity contribution in [1.29, 1.82) is 0 Å². The van der Waals surface area contributed by atoms with Gasteiger partial charge in [-0.25, -0.2) is 0 Å². The summed E-state index contributed by atoms with van der Waals surface area (Å²) in [4.78, 5) is 6.52. The molecule has 3 nitrogen and oxygen atoms in total. The Labute approximate surface area is 135 Å². The van der Waals surface area contributed by atoms with Crippen LogP contribution in [0.2, 0.25) is 0 Å². The van der Waals surface area contributed by atoms with Crippen LogP contribution in [0.1, 0.15) is 25.0 Å². The van der Waals surface area contributed by atoms with E-state index in [4.69, 9.17) is 0 Å². The van der Waals surface area contributed by atoms with Gasteiger partial charge in [-0.3, -0.25) is 4.98 Å². The summed E-state index contributed by atoms with van der Waals surface area (Å²) in [6.07, 6.45) is 3.79. The quantitative estimate of drug-likeness (QED) is 0.856. The molecule has 0 radical (unpaired) electrons. The molecule has 2 aromatic rings. The van der Waals surface area contributed by atoms with Gasteiger partial charge >= 0.3 is 0 Å². The Morgan fingerprint density at radius 1 is 1.19 bits per heavy atom. The first kappa shape index (κ1) is 16.0. The van der Waals surface area contributed by atoms with Crippen LogP contribution in [0.4, 0.5) is 5.69 Å². The lowest BCUT2D eigenvalue weighted by Crippen LogP contribution is -2.24. The lowest BCUT2D eigenvalue weighted by Gasteiger charge is -2.23. The normalized spacial score (nSPS) is 10.9. The average molecular weight is 348 g/mol. The second-order valence-corrected chi connectivity index (χ2v) is 6.34. The van der Waals surface area contributed by atoms with Gasteiger partial charge in [0.25, 0.3) is 0 Å². The van der Waals surface area contributed by atoms with E-state index in [1.54, 1.807) is 0 Å². The van der Waals surface area contributed by atoms with Crippen molar-refractivity contribution in [1.82, 2.24) is 10.3 Å². The number of hydrogen-bond donors (Lipinski definition) is 1. The third-order valence-electron chi connectivity index (χ3n) is 3.36. The topological polar surface area (TPSA) is 28.2 Å². The number of pyridine rings is 1. The summed E-state index contributed by atoms with van der Waals surface area (Å²) in [5.41, 5.74) is 3.71. The molecule has 0 aliphatic heterocycles. The van der Waals surface area contributed by atoms with Gasteiger partial charge in [0.15, 0.2) is 0 Å². The first-order valence-corrected chi connectivity index (χ1v) is 7.98. The minimum absolute atomic E-state index is 0.472. The molecular formula is C17H22BrN3. The third-order valence-corrected chi connectivity index (χ3v) is 4.14. The van der Waals surface area contributed by atoms with E-state index in [1.165, 1.54) is 16.8 Å². The van der Waals surface area contributed by atoms with Crippen LogP contribution in [-0.4, -0.2) is 18.1 Å². The standard InChI is InChI=1S/C17H22BrN3/c1-13(2)20-10-14-8-9-19-11-17(14)21(3)12-15-6-4-5-7-16(15)18/h4-9,11,13,20H,10,12H2,1-3H3. The highest BCUT2D eigenvalue weighted by Gasteiger charge is 2.10. The lowest BCUT2D eigenvalue weighted by molar-refractivity contribution is 0.588. The van der Waals surface area contributed by atoms with Crippen LogP contribution in [0.15, 0.2) is 47.2 Å². The number of rotatable bonds is 6. The Kier molecular flexibility index (Phi) is 5.76. The molecule has 0 unspecified atom stereocenters. The van der Waals surface area contributed by atoms with Crippen molar-refractivity contribution in [3.63, 3.8) is 0 Å². The van der Waals surface area contributed by atoms with E-state index in [-0.39, 0.29) is 0 Å². The van der Waals surface area contributed by atoms with Crippen LogP contribution in [0.3, 0.4) is 0 Å². The SMILES string of the molecule is CC(C)NCc1ccncc1N(C)Cc1ccccc1Br. The van der Waals surface area contributed by atoms with E-state index in [0.29, 0.717) is 6.04 Å². The molecule has 1 N–H and O–H groups in total. The van der Waals surface area contributed by atoms with E-state index in [0.717, 1.165) is 17.6 Å². The molecule has 1 heterocycles. The number of nitrogens with one attached hydrogen (secondary N) is 1. The van der Waals surface area contributed by atoms with Gasteiger partial charge in [0.1, 0.15) is 0 Å². The second-order valence-electron chi connectivity index (χ2n) is 5.49. The molecular weight excluding hydrogens is 326 g/mol. The monoisotopic (exact) mass is 347 g/mol. The molecule has 0 fully saturated rings. The van der Waals surface area contributed by atoms with Crippen molar-refractivity contribution in [2.75, 3.05) is 11.9 Å². The molecule has 0 aliphatic rings. The summed E-state index contributed by atoms with van der Waals surface area (Å²) in [5.74, 6) is 0. The Bertz CT molecular complexity index is 584. The summed E-state index contributed by atoms with van der Waals surface area (Å²) in [5, 5.41) is 3.47. The molecule has 0 saturated carbocycles. The number of halogens is 1. The van der Waals surface area contributed by atoms with Crippen molar-refractivity contribution in [3.8, 4) is 0 Å². The van der Waals surface area contributed by atoms with Gasteiger partial charge in [0, 0.05) is 36.8 Å². The first-order valence-electron chi connectivity index (χ1n) is 7.18. The molecule has 0 aliphatic carbocycles. The van der Waals surface area contributed by atoms with E-state index in [2.05, 4.69) is 76.3 Å². The van der Waals surface area contributed by atoms with Crippen LogP contribution in [0, 0.1) is 0 Å². The maximum atomic E-state index is 4.28. The predicted molar refractivity (Wildman–Crippen MR) is 92.5 cm³/mol. The van der Waals surface area contributed by atoms with E-state index >= 15 is 0 Å². The van der Waals surface area contributed by atoms with Gasteiger partial charge in [-0.2, -0.15) is 0 Å². The van der Waals surface area contributed by atoms with Crippen molar-refractivity contribution in [3.05, 3.63) is 58.3 Å². The second kappa shape index (κ2) is 7.57. The first-order chi connectivity index (χ1) is 10.1. The zero-order valence-corrected chi connectivity index (χ0v) is 14.4. The van der Waals surface area contributed by atoms with Crippen LogP contribution in [0.25, 0.3) is 0 Å². The lowest BCUT2D eigenvalue weighted by atomic mass is 10.1. The molecule has 4 heteroatoms. The Balaban J connectivity index is 2.15. The summed E-state index contributed by atoms with van der Waals surface area (Å²) in [6, 6.07) is 10.9. The van der Waals surface area contributed by atoms with Crippen LogP contribution >= 0.6 is 15.9 Å². The largest absolute Gasteiger partial charge is 0.369 e. The number of anilines is 1. The van der Waals surface area contributed by atoms with Crippen LogP contribution in [0.5, 0.6) is 0 Å². The van der Waals surface area contributed by atoms with Gasteiger partial charge in [-0.15, -0.1) is 0 Å². The maximum Gasteiger partial charge on any atom is 0.0598 e. The highest BCUT2D eigenvalue weighted by atomic mass is 79.9. The minimum Gasteiger partial charge on any atom is -0.369 e. The predicted octanol–water partition coefficient (Wildman–Crippen LogP) is 3.98. The van der Waals surface area contributed by atoms with Gasteiger partial charge in [-0.1, -0.05) is 48.0 Å². The van der Waals surface area contributed by atoms with E-state index < -0.39 is 0 Å². The zero-order valence-electron chi connectivity index (χ0n) is 12.8. The minimum atomic E-state index is 0.472. The summed E-state index contributed by atoms with van der Waals surface area (Å²) in [6.45, 7) is 6.02. The fourth-order valence-electron chi connectivity index (χ4n) is 2.19. The molecule has 0 bridgehead atoms. The van der Waals surface area contributed by atoms with Crippen molar-refractivity contribution >= 4 is 21.6 Å². The molecule has 1 aromatic carbocycles. The third kappa shape index (κ3) is 4.55. The Hall–Kier alpha value is -1.39. The fraction of sp³-hybridized carbons (Fsp3) is 0.353. The summed E-state index contributed by atoms with van der Waals surface area (Å²) >= 11 is 3.61. The number of hydrogen-bond acceptors (Lipinski definition) is 3. The Morgan fingerprint density at radius 3 is 2.67 bits per heavy atom. The highest BCUT2D eigenvalue weighted by molar-refractivity contribution is 9.10. The molecule has 0 amide bonds. The van der Waals surface area contributed by atoms with Crippen LogP contribution < -0.4 is 10.2 Å². The van der Waals surface area contributed by atoms with Crippen molar-refractivity contribution < 1.29 is 0 Å². The number of nitrogens with zero attached hydrogens (tertiary/aromatic N) is 2. The van der Waals surface area contributed by atoms with Gasteiger partial charge in [0.05, 0.1) is 11.9 Å². The zero-order chi connectivity index (χ0) is 15.2. The van der Waals surface area contributed by atoms with Crippen molar-refractivity contribution in [2.45, 2.75) is 33.0 Å². The van der Waals surface area contributed by atoms with Gasteiger partial charge in [0.2, 0.25) is 0 Å². The van der Waals surface area contributed by atoms with Crippen LogP contribution in [-0.2, 0) is 13.1 Å². The number of benzene rings is 1. The van der Waals surface area contributed by atoms with Crippen molar-refractivity contribution in [2.24, 2.45) is 0 Å². The Morgan fingerprint density at radius 2 is 1.95 bits per heavy atom. The smallest absolute Gasteiger partial charge is 0.0598 e.